The third-order valence-corrected chi connectivity index (χ3v) is 4.42. The monoisotopic (exact) mass is 414 g/mol. The molecule has 1 aromatic heterocycles. The van der Waals surface area contributed by atoms with Gasteiger partial charge in [-0.3, -0.25) is 4.79 Å². The highest BCUT2D eigenvalue weighted by Gasteiger charge is 2.14. The summed E-state index contributed by atoms with van der Waals surface area (Å²) in [6, 6.07) is 19.1. The Hall–Kier alpha value is -2.17. The SMILES string of the molecule is O=C(Nc1ccccc1)c1ncc(Br)cc1CCc1cccc(Cl)c1. The van der Waals surface area contributed by atoms with E-state index >= 15 is 0 Å². The normalized spacial score (nSPS) is 10.5. The third-order valence-electron chi connectivity index (χ3n) is 3.75. The molecule has 0 unspecified atom stereocenters. The highest BCUT2D eigenvalue weighted by atomic mass is 79.9. The first kappa shape index (κ1) is 17.6. The second kappa shape index (κ2) is 8.28. The third kappa shape index (κ3) is 4.91. The number of aryl methyl sites for hydroxylation is 2. The van der Waals surface area contributed by atoms with Crippen LogP contribution >= 0.6 is 27.5 Å². The van der Waals surface area contributed by atoms with Gasteiger partial charge < -0.3 is 5.32 Å². The second-order valence-corrected chi connectivity index (χ2v) is 6.96. The Labute approximate surface area is 160 Å². The number of pyridine rings is 1. The number of hydrogen-bond acceptors (Lipinski definition) is 2. The Bertz CT molecular complexity index is 884. The van der Waals surface area contributed by atoms with Crippen LogP contribution in [0.5, 0.6) is 0 Å². The molecule has 5 heteroatoms. The average Bonchev–Trinajstić information content (AvgIpc) is 2.61. The van der Waals surface area contributed by atoms with Gasteiger partial charge in [0.25, 0.3) is 5.91 Å². The number of aromatic nitrogens is 1. The number of hydrogen-bond donors (Lipinski definition) is 1. The highest BCUT2D eigenvalue weighted by Crippen LogP contribution is 2.19. The number of halogens is 2. The minimum atomic E-state index is -0.209. The lowest BCUT2D eigenvalue weighted by Gasteiger charge is -2.10. The molecular formula is C20H16BrClN2O. The standard InChI is InChI=1S/C20H16BrClN2O/c21-16-12-15(10-9-14-5-4-6-17(22)11-14)19(23-13-16)20(25)24-18-7-2-1-3-8-18/h1-8,11-13H,9-10H2,(H,24,25). The van der Waals surface area contributed by atoms with Gasteiger partial charge in [-0.05, 0) is 70.2 Å². The molecule has 1 amide bonds. The summed E-state index contributed by atoms with van der Waals surface area (Å²) < 4.78 is 0.852. The Morgan fingerprint density at radius 2 is 1.84 bits per heavy atom. The zero-order valence-corrected chi connectivity index (χ0v) is 15.7. The van der Waals surface area contributed by atoms with Crippen molar-refractivity contribution >= 4 is 39.1 Å². The summed E-state index contributed by atoms with van der Waals surface area (Å²) >= 11 is 9.47. The van der Waals surface area contributed by atoms with Crippen LogP contribution in [-0.4, -0.2) is 10.9 Å². The van der Waals surface area contributed by atoms with Crippen LogP contribution in [0.1, 0.15) is 21.6 Å². The maximum absolute atomic E-state index is 12.6. The van der Waals surface area contributed by atoms with Crippen LogP contribution in [0.3, 0.4) is 0 Å². The van der Waals surface area contributed by atoms with Gasteiger partial charge >= 0.3 is 0 Å². The van der Waals surface area contributed by atoms with E-state index in [0.29, 0.717) is 17.1 Å². The van der Waals surface area contributed by atoms with Gasteiger partial charge in [0, 0.05) is 21.4 Å². The van der Waals surface area contributed by atoms with Crippen LogP contribution in [0.2, 0.25) is 5.02 Å². The van der Waals surface area contributed by atoms with E-state index in [9.17, 15) is 4.79 Å². The molecule has 0 radical (unpaired) electrons. The van der Waals surface area contributed by atoms with E-state index in [4.69, 9.17) is 11.6 Å². The minimum absolute atomic E-state index is 0.209. The number of nitrogens with one attached hydrogen (secondary N) is 1. The number of benzene rings is 2. The molecule has 0 aliphatic carbocycles. The number of carbonyl (C=O) groups excluding carboxylic acids is 1. The van der Waals surface area contributed by atoms with Gasteiger partial charge in [0.05, 0.1) is 0 Å². The van der Waals surface area contributed by atoms with Gasteiger partial charge in [0.2, 0.25) is 0 Å². The summed E-state index contributed by atoms with van der Waals surface area (Å²) in [6.07, 6.45) is 3.12. The van der Waals surface area contributed by atoms with E-state index in [-0.39, 0.29) is 5.91 Å². The molecule has 3 aromatic rings. The lowest BCUT2D eigenvalue weighted by molar-refractivity contribution is 0.102. The van der Waals surface area contributed by atoms with Crippen LogP contribution < -0.4 is 5.32 Å². The molecule has 1 N–H and O–H groups in total. The molecule has 0 saturated heterocycles. The van der Waals surface area contributed by atoms with Crippen LogP contribution in [-0.2, 0) is 12.8 Å². The average molecular weight is 416 g/mol. The molecule has 0 spiro atoms. The molecule has 0 aliphatic rings. The first-order chi connectivity index (χ1) is 12.1. The van der Waals surface area contributed by atoms with Gasteiger partial charge in [0.1, 0.15) is 5.69 Å². The van der Waals surface area contributed by atoms with Crippen molar-refractivity contribution in [3.05, 3.63) is 93.2 Å². The highest BCUT2D eigenvalue weighted by molar-refractivity contribution is 9.10. The van der Waals surface area contributed by atoms with Gasteiger partial charge in [0.15, 0.2) is 0 Å². The van der Waals surface area contributed by atoms with Gasteiger partial charge in [-0.2, -0.15) is 0 Å². The van der Waals surface area contributed by atoms with Crippen molar-refractivity contribution in [1.29, 1.82) is 0 Å². The van der Waals surface area contributed by atoms with Crippen LogP contribution in [0, 0.1) is 0 Å². The van der Waals surface area contributed by atoms with E-state index in [2.05, 4.69) is 26.2 Å². The summed E-state index contributed by atoms with van der Waals surface area (Å²) in [4.78, 5) is 16.9. The largest absolute Gasteiger partial charge is 0.321 e. The fraction of sp³-hybridized carbons (Fsp3) is 0.100. The van der Waals surface area contributed by atoms with E-state index < -0.39 is 0 Å². The molecule has 0 aliphatic heterocycles. The fourth-order valence-corrected chi connectivity index (χ4v) is 3.15. The maximum Gasteiger partial charge on any atom is 0.274 e. The predicted octanol–water partition coefficient (Wildman–Crippen LogP) is 5.54. The minimum Gasteiger partial charge on any atom is -0.321 e. The zero-order valence-electron chi connectivity index (χ0n) is 13.4. The Morgan fingerprint density at radius 3 is 2.60 bits per heavy atom. The Kier molecular flexibility index (Phi) is 5.84. The number of anilines is 1. The van der Waals surface area contributed by atoms with Crippen molar-refractivity contribution in [2.24, 2.45) is 0 Å². The van der Waals surface area contributed by atoms with Crippen molar-refractivity contribution in [3.8, 4) is 0 Å². The molecule has 1 heterocycles. The molecule has 0 fully saturated rings. The van der Waals surface area contributed by atoms with Crippen molar-refractivity contribution < 1.29 is 4.79 Å². The molecular weight excluding hydrogens is 400 g/mol. The Morgan fingerprint density at radius 1 is 1.04 bits per heavy atom. The van der Waals surface area contributed by atoms with E-state index in [1.54, 1.807) is 6.20 Å². The first-order valence-electron chi connectivity index (χ1n) is 7.87. The van der Waals surface area contributed by atoms with Gasteiger partial charge in [-0.15, -0.1) is 0 Å². The number of rotatable bonds is 5. The second-order valence-electron chi connectivity index (χ2n) is 5.61. The molecule has 0 atom stereocenters. The quantitative estimate of drug-likeness (QED) is 0.595. The molecule has 2 aromatic carbocycles. The van der Waals surface area contributed by atoms with Crippen LogP contribution in [0.15, 0.2) is 71.3 Å². The molecule has 3 nitrogen and oxygen atoms in total. The first-order valence-corrected chi connectivity index (χ1v) is 9.04. The van der Waals surface area contributed by atoms with E-state index in [1.807, 2.05) is 60.7 Å². The molecule has 0 bridgehead atoms. The Balaban J connectivity index is 1.79. The molecule has 3 rings (SSSR count). The number of para-hydroxylation sites is 1. The molecule has 0 saturated carbocycles. The lowest BCUT2D eigenvalue weighted by atomic mass is 10.0. The smallest absolute Gasteiger partial charge is 0.274 e. The summed E-state index contributed by atoms with van der Waals surface area (Å²) in [5.41, 5.74) is 3.21. The summed E-state index contributed by atoms with van der Waals surface area (Å²) in [5, 5.41) is 3.60. The lowest BCUT2D eigenvalue weighted by Crippen LogP contribution is -2.16. The van der Waals surface area contributed by atoms with Crippen molar-refractivity contribution in [1.82, 2.24) is 4.98 Å². The number of carbonyl (C=O) groups is 1. The van der Waals surface area contributed by atoms with Crippen molar-refractivity contribution in [2.45, 2.75) is 12.8 Å². The molecule has 126 valence electrons. The molecule has 25 heavy (non-hydrogen) atoms. The maximum atomic E-state index is 12.6. The number of nitrogens with zero attached hydrogens (tertiary/aromatic N) is 1. The summed E-state index contributed by atoms with van der Waals surface area (Å²) in [6.45, 7) is 0. The topological polar surface area (TPSA) is 42.0 Å². The van der Waals surface area contributed by atoms with Gasteiger partial charge in [-0.25, -0.2) is 4.98 Å². The predicted molar refractivity (Wildman–Crippen MR) is 105 cm³/mol. The van der Waals surface area contributed by atoms with Crippen molar-refractivity contribution in [3.63, 3.8) is 0 Å². The summed E-state index contributed by atoms with van der Waals surface area (Å²) in [5.74, 6) is -0.209. The van der Waals surface area contributed by atoms with E-state index in [0.717, 1.165) is 27.7 Å². The van der Waals surface area contributed by atoms with Crippen LogP contribution in [0.25, 0.3) is 0 Å². The zero-order chi connectivity index (χ0) is 17.6. The van der Waals surface area contributed by atoms with Gasteiger partial charge in [-0.1, -0.05) is 41.9 Å². The van der Waals surface area contributed by atoms with E-state index in [1.165, 1.54) is 0 Å². The number of amides is 1. The van der Waals surface area contributed by atoms with Crippen molar-refractivity contribution in [2.75, 3.05) is 5.32 Å². The van der Waals surface area contributed by atoms with Crippen LogP contribution in [0.4, 0.5) is 5.69 Å². The fourth-order valence-electron chi connectivity index (χ4n) is 2.56. The summed E-state index contributed by atoms with van der Waals surface area (Å²) in [7, 11) is 0.